The predicted molar refractivity (Wildman–Crippen MR) is 243 cm³/mol. The van der Waals surface area contributed by atoms with E-state index in [1.165, 1.54) is 19.8 Å². The molecule has 3 aliphatic rings. The summed E-state index contributed by atoms with van der Waals surface area (Å²) in [4.78, 5) is 70.3. The monoisotopic (exact) mass is 882 g/mol. The number of aromatic amines is 2. The van der Waals surface area contributed by atoms with Crippen molar-refractivity contribution in [2.24, 2.45) is 5.92 Å². The van der Waals surface area contributed by atoms with Crippen molar-refractivity contribution in [3.63, 3.8) is 0 Å². The second-order valence-corrected chi connectivity index (χ2v) is 17.2. The zero-order valence-electron chi connectivity index (χ0n) is 37.0. The molecule has 0 spiro atoms. The molecular formula is C49H54N8O8. The van der Waals surface area contributed by atoms with Gasteiger partial charge in [-0.25, -0.2) is 19.6 Å². The third kappa shape index (κ3) is 8.87. The largest absolute Gasteiger partial charge is 0.453 e. The number of rotatable bonds is 13. The van der Waals surface area contributed by atoms with E-state index < -0.39 is 36.0 Å². The van der Waals surface area contributed by atoms with Crippen LogP contribution in [-0.2, 0) is 47.8 Å². The van der Waals surface area contributed by atoms with Gasteiger partial charge in [0.25, 0.3) is 0 Å². The molecule has 2 aliphatic heterocycles. The molecule has 4 amide bonds. The van der Waals surface area contributed by atoms with E-state index in [1.807, 2.05) is 30.9 Å². The van der Waals surface area contributed by atoms with E-state index in [4.69, 9.17) is 28.9 Å². The quantitative estimate of drug-likeness (QED) is 0.0821. The van der Waals surface area contributed by atoms with Gasteiger partial charge in [-0.05, 0) is 71.4 Å². The lowest BCUT2D eigenvalue weighted by atomic mass is 9.89. The van der Waals surface area contributed by atoms with Crippen molar-refractivity contribution in [1.82, 2.24) is 40.8 Å². The minimum absolute atomic E-state index is 0.0892. The first-order valence-electron chi connectivity index (χ1n) is 22.3. The molecule has 5 N–H and O–H groups in total. The van der Waals surface area contributed by atoms with Crippen molar-refractivity contribution in [3.05, 3.63) is 107 Å². The smallest absolute Gasteiger partial charge is 0.407 e. The molecule has 2 aromatic heterocycles. The molecule has 0 radical (unpaired) electrons. The average molecular weight is 883 g/mol. The minimum atomic E-state index is -1.05. The topological polar surface area (TPSA) is 202 Å². The minimum Gasteiger partial charge on any atom is -0.453 e. The molecule has 338 valence electrons. The van der Waals surface area contributed by atoms with Gasteiger partial charge < -0.3 is 49.8 Å². The number of fused-ring (bicyclic) bond motifs is 6. The number of amides is 4. The van der Waals surface area contributed by atoms with Crippen LogP contribution in [0, 0.1) is 5.92 Å². The predicted octanol–water partition coefficient (Wildman–Crippen LogP) is 6.81. The summed E-state index contributed by atoms with van der Waals surface area (Å²) >= 11 is 0. The molecule has 4 heterocycles. The molecule has 2 fully saturated rings. The normalized spacial score (nSPS) is 17.4. The number of aryl methyl sites for hydroxylation is 3. The standard InChI is InChI=1S/C49H54N8O8/c1-28(2)40(55-47(60)62-3)46(59)57-22-8-11-38(57)44-52-37-19-15-33-26-31(13-17-35(33)43(37)54-44)30-12-16-34-32(25-30)14-18-36-42(34)53-39(51-36)20-21-49(64-23-24-65-49)27-50-45(58)41(56-48(61)63-4)29-9-6-5-7-10-29/h5-7,9-10,12-13,15-17,19,25-26,28,38,40-41H,8,11,14,18,20-24,27H2,1-4H3,(H,50,58)(H,51,53)(H,52,54)(H,55,60)(H,56,61)/t38-,40-,41+/m0/s1. The fourth-order valence-corrected chi connectivity index (χ4v) is 9.41. The third-order valence-electron chi connectivity index (χ3n) is 12.8. The van der Waals surface area contributed by atoms with E-state index in [9.17, 15) is 19.2 Å². The second-order valence-electron chi connectivity index (χ2n) is 17.2. The van der Waals surface area contributed by atoms with Gasteiger partial charge in [-0.1, -0.05) is 80.6 Å². The Morgan fingerprint density at radius 3 is 2.40 bits per heavy atom. The maximum absolute atomic E-state index is 13.7. The van der Waals surface area contributed by atoms with Gasteiger partial charge in [-0.15, -0.1) is 0 Å². The second kappa shape index (κ2) is 18.4. The molecule has 16 nitrogen and oxygen atoms in total. The molecule has 0 unspecified atom stereocenters. The Morgan fingerprint density at radius 1 is 0.877 bits per heavy atom. The van der Waals surface area contributed by atoms with Crippen LogP contribution < -0.4 is 16.0 Å². The number of aromatic nitrogens is 4. The number of hydrogen-bond acceptors (Lipinski definition) is 10. The lowest BCUT2D eigenvalue weighted by Crippen LogP contribution is -2.51. The molecule has 4 aromatic carbocycles. The van der Waals surface area contributed by atoms with Crippen molar-refractivity contribution in [2.45, 2.75) is 76.3 Å². The van der Waals surface area contributed by atoms with E-state index in [0.717, 1.165) is 87.2 Å². The van der Waals surface area contributed by atoms with Gasteiger partial charge in [0.05, 0.1) is 62.4 Å². The zero-order chi connectivity index (χ0) is 45.2. The summed E-state index contributed by atoms with van der Waals surface area (Å²) in [6, 6.07) is 24.3. The van der Waals surface area contributed by atoms with Crippen LogP contribution in [0.15, 0.2) is 78.9 Å². The summed E-state index contributed by atoms with van der Waals surface area (Å²) < 4.78 is 21.8. The Hall–Kier alpha value is -6.78. The molecule has 0 bridgehead atoms. The Labute approximate surface area is 376 Å². The fourth-order valence-electron chi connectivity index (χ4n) is 9.41. The number of H-pyrrole nitrogens is 2. The van der Waals surface area contributed by atoms with E-state index in [1.54, 1.807) is 24.3 Å². The lowest BCUT2D eigenvalue weighted by molar-refractivity contribution is -0.162. The number of methoxy groups -OCH3 is 2. The summed E-state index contributed by atoms with van der Waals surface area (Å²) in [5.74, 6) is -0.152. The van der Waals surface area contributed by atoms with Crippen molar-refractivity contribution in [2.75, 3.05) is 40.5 Å². The van der Waals surface area contributed by atoms with Crippen LogP contribution in [0.5, 0.6) is 0 Å². The summed E-state index contributed by atoms with van der Waals surface area (Å²) in [5, 5.41) is 10.4. The Morgan fingerprint density at radius 2 is 1.63 bits per heavy atom. The van der Waals surface area contributed by atoms with Gasteiger partial charge in [-0.2, -0.15) is 0 Å². The number of imidazole rings is 2. The van der Waals surface area contributed by atoms with E-state index in [2.05, 4.69) is 68.4 Å². The van der Waals surface area contributed by atoms with Gasteiger partial charge >= 0.3 is 12.2 Å². The zero-order valence-corrected chi connectivity index (χ0v) is 37.0. The summed E-state index contributed by atoms with van der Waals surface area (Å²) in [6.07, 6.45) is 2.92. The van der Waals surface area contributed by atoms with Crippen LogP contribution >= 0.6 is 0 Å². The maximum atomic E-state index is 13.7. The van der Waals surface area contributed by atoms with Gasteiger partial charge in [0.2, 0.25) is 11.8 Å². The first-order chi connectivity index (χ1) is 31.5. The van der Waals surface area contributed by atoms with Gasteiger partial charge in [-0.3, -0.25) is 9.59 Å². The van der Waals surface area contributed by atoms with Crippen LogP contribution in [0.1, 0.15) is 73.7 Å². The average Bonchev–Trinajstić information content (AvgIpc) is 4.17. The maximum Gasteiger partial charge on any atom is 0.407 e. The first-order valence-corrected chi connectivity index (χ1v) is 22.3. The number of benzene rings is 4. The molecular weight excluding hydrogens is 829 g/mol. The number of ether oxygens (including phenoxy) is 4. The molecule has 2 saturated heterocycles. The van der Waals surface area contributed by atoms with Crippen LogP contribution in [0.3, 0.4) is 0 Å². The molecule has 6 aromatic rings. The highest BCUT2D eigenvalue weighted by Crippen LogP contribution is 2.38. The lowest BCUT2D eigenvalue weighted by Gasteiger charge is -2.29. The molecule has 16 heteroatoms. The molecule has 9 rings (SSSR count). The van der Waals surface area contributed by atoms with E-state index in [-0.39, 0.29) is 24.4 Å². The van der Waals surface area contributed by atoms with Crippen LogP contribution in [0.2, 0.25) is 0 Å². The van der Waals surface area contributed by atoms with Crippen LogP contribution in [0.25, 0.3) is 44.2 Å². The number of nitrogens with one attached hydrogen (secondary N) is 5. The summed E-state index contributed by atoms with van der Waals surface area (Å²) in [5.41, 5.74) is 9.01. The number of alkyl carbamates (subject to hydrolysis) is 2. The van der Waals surface area contributed by atoms with Crippen LogP contribution in [0.4, 0.5) is 9.59 Å². The van der Waals surface area contributed by atoms with Crippen molar-refractivity contribution < 1.29 is 38.1 Å². The number of hydrogen-bond donors (Lipinski definition) is 5. The van der Waals surface area contributed by atoms with Crippen molar-refractivity contribution >= 4 is 45.8 Å². The van der Waals surface area contributed by atoms with E-state index in [0.29, 0.717) is 38.2 Å². The highest BCUT2D eigenvalue weighted by atomic mass is 16.7. The Bertz CT molecular complexity index is 2740. The Balaban J connectivity index is 0.883. The third-order valence-corrected chi connectivity index (χ3v) is 12.8. The number of likely N-dealkylation sites (tertiary alicyclic amines) is 1. The molecule has 0 saturated carbocycles. The number of nitrogens with zero attached hydrogens (tertiary/aromatic N) is 3. The molecule has 65 heavy (non-hydrogen) atoms. The van der Waals surface area contributed by atoms with Gasteiger partial charge in [0.15, 0.2) is 5.79 Å². The highest BCUT2D eigenvalue weighted by Gasteiger charge is 2.39. The number of carbonyl (C=O) groups excluding carboxylic acids is 4. The first kappa shape index (κ1) is 43.5. The van der Waals surface area contributed by atoms with Crippen LogP contribution in [-0.4, -0.2) is 101 Å². The van der Waals surface area contributed by atoms with Crippen molar-refractivity contribution in [3.8, 4) is 22.4 Å². The van der Waals surface area contributed by atoms with E-state index >= 15 is 0 Å². The Kier molecular flexibility index (Phi) is 12.3. The SMILES string of the molecule is COC(=O)N[C@H](C(=O)N1CCC[C@H]1c1nc2ccc3cc(-c4ccc5c(c4)CCc4nc(CCC6(CNC(=O)[C@H](NC(=O)OC)c7ccccc7)OCCO6)[nH]c4-5)ccc3c2[nH]1)C(C)C. The van der Waals surface area contributed by atoms with Gasteiger partial charge in [0, 0.05) is 30.3 Å². The summed E-state index contributed by atoms with van der Waals surface area (Å²) in [6.45, 7) is 5.29. The highest BCUT2D eigenvalue weighted by molar-refractivity contribution is 6.05. The molecule has 3 atom stereocenters. The van der Waals surface area contributed by atoms with Gasteiger partial charge in [0.1, 0.15) is 23.7 Å². The van der Waals surface area contributed by atoms with Crippen molar-refractivity contribution in [1.29, 1.82) is 0 Å². The fraction of sp³-hybridized carbons (Fsp3) is 0.388. The summed E-state index contributed by atoms with van der Waals surface area (Å²) in [7, 11) is 2.55. The molecule has 1 aliphatic carbocycles. The number of carbonyl (C=O) groups is 4.